The molecule has 0 saturated carbocycles. The Balaban J connectivity index is -0.000000109. The summed E-state index contributed by atoms with van der Waals surface area (Å²) in [6, 6.07) is 0. The van der Waals surface area contributed by atoms with Gasteiger partial charge in [0.2, 0.25) is 0 Å². The molecule has 0 spiro atoms. The van der Waals surface area contributed by atoms with Crippen molar-refractivity contribution in [3.05, 3.63) is 95.5 Å². The molecule has 0 aliphatic heterocycles. The van der Waals surface area contributed by atoms with E-state index in [1.807, 2.05) is 24.3 Å². The van der Waals surface area contributed by atoms with Crippen LogP contribution >= 0.6 is 24.8 Å². The van der Waals surface area contributed by atoms with Crippen molar-refractivity contribution in [1.29, 1.82) is 0 Å². The van der Waals surface area contributed by atoms with Gasteiger partial charge in [-0.25, -0.2) is 46.8 Å². The maximum atomic E-state index is 3.36. The van der Waals surface area contributed by atoms with E-state index in [9.17, 15) is 0 Å². The second kappa shape index (κ2) is 27.9. The monoisotopic (exact) mass is 715 g/mol. The Morgan fingerprint density at radius 2 is 0.914 bits per heavy atom. The van der Waals surface area contributed by atoms with Crippen LogP contribution in [0.15, 0.2) is 71.2 Å². The van der Waals surface area contributed by atoms with E-state index in [0.29, 0.717) is 0 Å². The summed E-state index contributed by atoms with van der Waals surface area (Å²) in [5.41, 5.74) is 0. The van der Waals surface area contributed by atoms with Crippen LogP contribution in [0, 0.1) is 24.3 Å². The van der Waals surface area contributed by atoms with Crippen LogP contribution < -0.4 is 0 Å². The molecule has 7 heteroatoms. The van der Waals surface area contributed by atoms with Crippen molar-refractivity contribution in [2.24, 2.45) is 0 Å². The third-order valence-corrected chi connectivity index (χ3v) is 8.10. The molecular formula is C28H45Cl2Si3Zr2. The first-order chi connectivity index (χ1) is 14.6. The molecule has 4 rings (SSSR count). The quantitative estimate of drug-likeness (QED) is 0.198. The summed E-state index contributed by atoms with van der Waals surface area (Å²) in [6.45, 7) is 18.5. The van der Waals surface area contributed by atoms with E-state index in [4.69, 9.17) is 0 Å². The van der Waals surface area contributed by atoms with E-state index >= 15 is 0 Å². The van der Waals surface area contributed by atoms with E-state index in [1.54, 1.807) is 0 Å². The zero-order chi connectivity index (χ0) is 23.6. The molecule has 0 heterocycles. The summed E-state index contributed by atoms with van der Waals surface area (Å²) in [4.78, 5) is 0. The van der Waals surface area contributed by atoms with Crippen molar-refractivity contribution < 1.29 is 52.4 Å². The van der Waals surface area contributed by atoms with Crippen LogP contribution in [0.1, 0.15) is 25.7 Å². The van der Waals surface area contributed by atoms with Gasteiger partial charge in [0.05, 0.1) is 0 Å². The van der Waals surface area contributed by atoms with Gasteiger partial charge in [-0.3, -0.25) is 24.3 Å². The average Bonchev–Trinajstić information content (AvgIpc) is 3.55. The first-order valence-electron chi connectivity index (χ1n) is 11.4. The molecule has 0 fully saturated rings. The van der Waals surface area contributed by atoms with Crippen LogP contribution in [0.3, 0.4) is 0 Å². The normalized spacial score (nSPS) is 15.0. The summed E-state index contributed by atoms with van der Waals surface area (Å²) in [5, 5.41) is 2.98. The number of hydrogen-bond acceptors (Lipinski definition) is 0. The number of hydrogen-bond donors (Lipinski definition) is 0. The molecule has 0 atom stereocenters. The van der Waals surface area contributed by atoms with E-state index in [1.165, 1.54) is 10.4 Å². The Morgan fingerprint density at radius 3 is 1.00 bits per heavy atom. The molecule has 0 amide bonds. The van der Waals surface area contributed by atoms with E-state index in [2.05, 4.69) is 113 Å². The molecule has 0 aromatic rings. The van der Waals surface area contributed by atoms with Gasteiger partial charge < -0.3 is 0 Å². The van der Waals surface area contributed by atoms with Gasteiger partial charge >= 0.3 is 52.4 Å². The van der Waals surface area contributed by atoms with E-state index in [0.717, 1.165) is 35.2 Å². The number of halogens is 2. The topological polar surface area (TPSA) is 0 Å². The molecule has 0 bridgehead atoms. The Bertz CT molecular complexity index is 652. The fraction of sp³-hybridized carbons (Fsp3) is 0.429. The molecule has 0 unspecified atom stereocenters. The SMILES string of the molecule is C[SiH]C.C[Si](C)(C)C1=[C-]CC=C1.C[Si](C)(C)C1=[C-]CC=C1.Cl.Cl.[C-]1=CC=CC1.[C-]1=CC=CC1.[Zr+2].[Zr+2]. The van der Waals surface area contributed by atoms with Crippen molar-refractivity contribution in [2.75, 3.05) is 0 Å². The van der Waals surface area contributed by atoms with Crippen LogP contribution in [-0.2, 0) is 52.4 Å². The second-order valence-corrected chi connectivity index (χ2v) is 20.7. The van der Waals surface area contributed by atoms with Gasteiger partial charge in [0.1, 0.15) is 0 Å². The Kier molecular flexibility index (Phi) is 36.6. The molecule has 0 saturated heterocycles. The number of allylic oxidation sites excluding steroid dienone is 16. The standard InChI is InChI=1S/2C8H13Si.2C5H5.C2H7Si.2ClH.2Zr/c2*1-9(2,3)8-6-4-5-7-8;2*1-2-4-5-3-1;1-3-2;;;;/h2*4,6H,5H2,1-3H3;2*1-3H,4H2;3H,1-2H3;2*1H;;/q4*-1;;;;2*+2. The summed E-state index contributed by atoms with van der Waals surface area (Å²) in [6.07, 6.45) is 37.6. The van der Waals surface area contributed by atoms with Crippen molar-refractivity contribution in [2.45, 2.75) is 78.1 Å². The molecule has 1 radical (unpaired) electrons. The predicted molar refractivity (Wildman–Crippen MR) is 164 cm³/mol. The summed E-state index contributed by atoms with van der Waals surface area (Å²) >= 11 is 0. The van der Waals surface area contributed by atoms with Gasteiger partial charge in [0, 0.05) is 25.7 Å². The van der Waals surface area contributed by atoms with Gasteiger partial charge in [0.25, 0.3) is 0 Å². The zero-order valence-corrected chi connectivity index (χ0v) is 32.7. The second-order valence-electron chi connectivity index (χ2n) is 9.48. The van der Waals surface area contributed by atoms with Crippen molar-refractivity contribution in [1.82, 2.24) is 0 Å². The molecule has 0 nitrogen and oxygen atoms in total. The first kappa shape index (κ1) is 45.8. The van der Waals surface area contributed by atoms with Crippen LogP contribution in [0.5, 0.6) is 0 Å². The smallest absolute Gasteiger partial charge is 0.274 e. The third kappa shape index (κ3) is 27.8. The van der Waals surface area contributed by atoms with Gasteiger partial charge in [-0.2, -0.15) is 24.3 Å². The average molecular weight is 719 g/mol. The van der Waals surface area contributed by atoms with Gasteiger partial charge in [0.15, 0.2) is 0 Å². The minimum Gasteiger partial charge on any atom is -0.274 e. The van der Waals surface area contributed by atoms with Crippen LogP contribution in [0.25, 0.3) is 0 Å². The maximum absolute atomic E-state index is 3.36. The zero-order valence-electron chi connectivity index (χ0n) is 23.0. The molecule has 0 N–H and O–H groups in total. The predicted octanol–water partition coefficient (Wildman–Crippen LogP) is 9.08. The minimum absolute atomic E-state index is 0. The molecule has 0 aromatic heterocycles. The molecule has 35 heavy (non-hydrogen) atoms. The Hall–Kier alpha value is 0.917. The van der Waals surface area contributed by atoms with Crippen LogP contribution in [0.4, 0.5) is 0 Å². The molecule has 191 valence electrons. The third-order valence-electron chi connectivity index (χ3n) is 4.18. The Labute approximate surface area is 273 Å². The largest absolute Gasteiger partial charge is 2.00 e. The number of rotatable bonds is 2. The van der Waals surface area contributed by atoms with Crippen molar-refractivity contribution in [3.8, 4) is 0 Å². The summed E-state index contributed by atoms with van der Waals surface area (Å²) < 4.78 is 0. The minimum atomic E-state index is -1.01. The van der Waals surface area contributed by atoms with Crippen molar-refractivity contribution in [3.63, 3.8) is 0 Å². The summed E-state index contributed by atoms with van der Waals surface area (Å²) in [7, 11) is -1.26. The van der Waals surface area contributed by atoms with Gasteiger partial charge in [-0.1, -0.05) is 52.4 Å². The fourth-order valence-corrected chi connectivity index (χ4v) is 5.02. The van der Waals surface area contributed by atoms with Gasteiger partial charge in [-0.05, 0) is 0 Å². The van der Waals surface area contributed by atoms with Crippen molar-refractivity contribution >= 4 is 50.5 Å². The maximum Gasteiger partial charge on any atom is 2.00 e. The van der Waals surface area contributed by atoms with E-state index < -0.39 is 16.1 Å². The van der Waals surface area contributed by atoms with Crippen LogP contribution in [0.2, 0.25) is 52.4 Å². The molecule has 0 aromatic carbocycles. The molecule has 4 aliphatic rings. The van der Waals surface area contributed by atoms with Crippen LogP contribution in [-0.4, -0.2) is 25.7 Å². The fourth-order valence-electron chi connectivity index (χ4n) is 2.52. The molecule has 4 aliphatic carbocycles. The Morgan fingerprint density at radius 1 is 0.600 bits per heavy atom. The first-order valence-corrected chi connectivity index (χ1v) is 20.7. The molecular weight excluding hydrogens is 674 g/mol. The van der Waals surface area contributed by atoms with Gasteiger partial charge in [-0.15, -0.1) is 50.5 Å². The van der Waals surface area contributed by atoms with E-state index in [-0.39, 0.29) is 77.2 Å². The summed E-state index contributed by atoms with van der Waals surface area (Å²) in [5.74, 6) is 0.